The smallest absolute Gasteiger partial charge is 0.340 e. The van der Waals surface area contributed by atoms with Gasteiger partial charge in [0.15, 0.2) is 6.61 Å². The zero-order valence-electron chi connectivity index (χ0n) is 14.7. The summed E-state index contributed by atoms with van der Waals surface area (Å²) in [4.78, 5) is 25.5. The van der Waals surface area contributed by atoms with Gasteiger partial charge >= 0.3 is 5.97 Å². The third kappa shape index (κ3) is 4.21. The lowest BCUT2D eigenvalue weighted by Gasteiger charge is -2.09. The Labute approximate surface area is 156 Å². The molecule has 0 fully saturated rings. The van der Waals surface area contributed by atoms with Crippen molar-refractivity contribution in [2.24, 2.45) is 0 Å². The van der Waals surface area contributed by atoms with Crippen LogP contribution in [-0.2, 0) is 16.1 Å². The number of nitrogens with zero attached hydrogens (tertiary/aromatic N) is 1. The summed E-state index contributed by atoms with van der Waals surface area (Å²) in [6.45, 7) is 4.25. The van der Waals surface area contributed by atoms with Crippen LogP contribution in [0.2, 0.25) is 0 Å². The third-order valence-electron chi connectivity index (χ3n) is 4.08. The summed E-state index contributed by atoms with van der Waals surface area (Å²) in [7, 11) is 0. The van der Waals surface area contributed by atoms with Gasteiger partial charge in [0.05, 0.1) is 12.1 Å². The second-order valence-electron chi connectivity index (χ2n) is 5.94. The number of para-hydroxylation sites is 1. The van der Waals surface area contributed by atoms with E-state index < -0.39 is 5.97 Å². The van der Waals surface area contributed by atoms with Gasteiger partial charge in [-0.1, -0.05) is 24.3 Å². The van der Waals surface area contributed by atoms with Crippen LogP contribution in [0, 0.1) is 13.8 Å². The first kappa shape index (κ1) is 17.9. The largest absolute Gasteiger partial charge is 0.452 e. The number of rotatable bonds is 6. The highest BCUT2D eigenvalue weighted by Crippen LogP contribution is 2.20. The van der Waals surface area contributed by atoms with E-state index in [4.69, 9.17) is 4.74 Å². The van der Waals surface area contributed by atoms with Gasteiger partial charge in [-0.15, -0.1) is 11.3 Å². The Morgan fingerprint density at radius 2 is 1.88 bits per heavy atom. The van der Waals surface area contributed by atoms with E-state index in [1.54, 1.807) is 29.5 Å². The van der Waals surface area contributed by atoms with Crippen molar-refractivity contribution in [1.29, 1.82) is 0 Å². The number of ether oxygens (including phenoxy) is 1. The van der Waals surface area contributed by atoms with E-state index >= 15 is 0 Å². The van der Waals surface area contributed by atoms with Crippen LogP contribution in [0.3, 0.4) is 0 Å². The van der Waals surface area contributed by atoms with Crippen molar-refractivity contribution in [1.82, 2.24) is 4.57 Å². The van der Waals surface area contributed by atoms with Crippen LogP contribution in [0.4, 0.5) is 5.69 Å². The van der Waals surface area contributed by atoms with Crippen LogP contribution in [0.25, 0.3) is 0 Å². The monoisotopic (exact) mass is 368 g/mol. The number of aromatic nitrogens is 1. The Kier molecular flexibility index (Phi) is 5.53. The molecule has 1 N–H and O–H groups in total. The van der Waals surface area contributed by atoms with E-state index in [1.165, 1.54) is 4.88 Å². The molecule has 0 saturated heterocycles. The first-order valence-electron chi connectivity index (χ1n) is 8.25. The number of carbonyl (C=O) groups is 2. The standard InChI is InChI=1S/C20H20N2O3S/c1-14-11-18(15(2)22(14)12-17-9-6-10-26-17)20(24)25-13-19(23)21-16-7-4-3-5-8-16/h3-11H,12-13H2,1-2H3,(H,21,23). The fraction of sp³-hybridized carbons (Fsp3) is 0.200. The van der Waals surface area contributed by atoms with Crippen molar-refractivity contribution in [3.05, 3.63) is 75.7 Å². The number of aryl methyl sites for hydroxylation is 1. The lowest BCUT2D eigenvalue weighted by Crippen LogP contribution is -2.21. The second kappa shape index (κ2) is 8.01. The minimum Gasteiger partial charge on any atom is -0.452 e. The molecule has 6 heteroatoms. The normalized spacial score (nSPS) is 10.5. The molecule has 0 unspecified atom stereocenters. The molecule has 134 valence electrons. The van der Waals surface area contributed by atoms with E-state index in [0.29, 0.717) is 11.3 Å². The zero-order chi connectivity index (χ0) is 18.5. The summed E-state index contributed by atoms with van der Waals surface area (Å²) in [6, 6.07) is 14.9. The number of hydrogen-bond acceptors (Lipinski definition) is 4. The number of esters is 1. The van der Waals surface area contributed by atoms with Gasteiger partial charge in [0, 0.05) is 22.0 Å². The maximum absolute atomic E-state index is 12.4. The molecule has 26 heavy (non-hydrogen) atoms. The number of amides is 1. The molecule has 0 aliphatic rings. The average molecular weight is 368 g/mol. The predicted octanol–water partition coefficient (Wildman–Crippen LogP) is 4.01. The molecular formula is C20H20N2O3S. The summed E-state index contributed by atoms with van der Waals surface area (Å²) in [5.74, 6) is -0.851. The number of benzene rings is 1. The molecule has 0 aliphatic carbocycles. The van der Waals surface area contributed by atoms with Gasteiger partial charge in [0.2, 0.25) is 0 Å². The summed E-state index contributed by atoms with van der Waals surface area (Å²) in [6.07, 6.45) is 0. The topological polar surface area (TPSA) is 60.3 Å². The molecule has 1 amide bonds. The molecule has 1 aromatic carbocycles. The summed E-state index contributed by atoms with van der Waals surface area (Å²) < 4.78 is 7.26. The van der Waals surface area contributed by atoms with E-state index in [9.17, 15) is 9.59 Å². The Hall–Kier alpha value is -2.86. The molecule has 0 aliphatic heterocycles. The Morgan fingerprint density at radius 1 is 1.12 bits per heavy atom. The van der Waals surface area contributed by atoms with Crippen LogP contribution in [0.1, 0.15) is 26.6 Å². The van der Waals surface area contributed by atoms with Gasteiger partial charge in [-0.3, -0.25) is 4.79 Å². The van der Waals surface area contributed by atoms with Crippen molar-refractivity contribution in [2.45, 2.75) is 20.4 Å². The molecule has 0 atom stereocenters. The molecule has 2 heterocycles. The Bertz CT molecular complexity index is 899. The molecule has 2 aromatic heterocycles. The first-order chi connectivity index (χ1) is 12.5. The van der Waals surface area contributed by atoms with Gasteiger partial charge in [0.25, 0.3) is 5.91 Å². The predicted molar refractivity (Wildman–Crippen MR) is 103 cm³/mol. The lowest BCUT2D eigenvalue weighted by molar-refractivity contribution is -0.119. The molecule has 3 rings (SSSR count). The molecule has 0 bridgehead atoms. The highest BCUT2D eigenvalue weighted by molar-refractivity contribution is 7.09. The average Bonchev–Trinajstić information content (AvgIpc) is 3.24. The molecule has 0 saturated carbocycles. The van der Waals surface area contributed by atoms with Crippen LogP contribution in [0.15, 0.2) is 53.9 Å². The molecule has 3 aromatic rings. The molecule has 5 nitrogen and oxygen atoms in total. The number of carbonyl (C=O) groups excluding carboxylic acids is 2. The van der Waals surface area contributed by atoms with Gasteiger partial charge in [0.1, 0.15) is 0 Å². The highest BCUT2D eigenvalue weighted by Gasteiger charge is 2.18. The van der Waals surface area contributed by atoms with Crippen LogP contribution >= 0.6 is 11.3 Å². The van der Waals surface area contributed by atoms with E-state index in [1.807, 2.05) is 43.5 Å². The number of anilines is 1. The number of nitrogens with one attached hydrogen (secondary N) is 1. The van der Waals surface area contributed by atoms with Gasteiger partial charge in [-0.25, -0.2) is 4.79 Å². The quantitative estimate of drug-likeness (QED) is 0.669. The first-order valence-corrected chi connectivity index (χ1v) is 9.13. The molecule has 0 radical (unpaired) electrons. The summed E-state index contributed by atoms with van der Waals surface area (Å²) in [5.41, 5.74) is 2.98. The van der Waals surface area contributed by atoms with Crippen LogP contribution < -0.4 is 5.32 Å². The van der Waals surface area contributed by atoms with E-state index in [0.717, 1.165) is 17.9 Å². The van der Waals surface area contributed by atoms with Crippen molar-refractivity contribution in [3.63, 3.8) is 0 Å². The Balaban J connectivity index is 1.62. The summed E-state index contributed by atoms with van der Waals surface area (Å²) >= 11 is 1.68. The molecular weight excluding hydrogens is 348 g/mol. The fourth-order valence-corrected chi connectivity index (χ4v) is 3.43. The highest BCUT2D eigenvalue weighted by atomic mass is 32.1. The zero-order valence-corrected chi connectivity index (χ0v) is 15.5. The molecule has 0 spiro atoms. The van der Waals surface area contributed by atoms with Crippen LogP contribution in [0.5, 0.6) is 0 Å². The number of thiophene rings is 1. The van der Waals surface area contributed by atoms with E-state index in [2.05, 4.69) is 16.0 Å². The maximum Gasteiger partial charge on any atom is 0.340 e. The van der Waals surface area contributed by atoms with E-state index in [-0.39, 0.29) is 12.5 Å². The van der Waals surface area contributed by atoms with Gasteiger partial charge < -0.3 is 14.6 Å². The fourth-order valence-electron chi connectivity index (χ4n) is 2.74. The minimum atomic E-state index is -0.487. The second-order valence-corrected chi connectivity index (χ2v) is 6.97. The number of hydrogen-bond donors (Lipinski definition) is 1. The van der Waals surface area contributed by atoms with Crippen molar-refractivity contribution in [3.8, 4) is 0 Å². The van der Waals surface area contributed by atoms with Crippen molar-refractivity contribution < 1.29 is 14.3 Å². The van der Waals surface area contributed by atoms with Crippen LogP contribution in [-0.4, -0.2) is 23.1 Å². The van der Waals surface area contributed by atoms with Gasteiger partial charge in [-0.2, -0.15) is 0 Å². The maximum atomic E-state index is 12.4. The van der Waals surface area contributed by atoms with Crippen molar-refractivity contribution in [2.75, 3.05) is 11.9 Å². The minimum absolute atomic E-state index is 0.317. The van der Waals surface area contributed by atoms with Crippen molar-refractivity contribution >= 4 is 28.9 Å². The lowest BCUT2D eigenvalue weighted by atomic mass is 10.2. The summed E-state index contributed by atoms with van der Waals surface area (Å²) in [5, 5.41) is 4.72. The third-order valence-corrected chi connectivity index (χ3v) is 4.94. The van der Waals surface area contributed by atoms with Gasteiger partial charge in [-0.05, 0) is 43.5 Å². The SMILES string of the molecule is Cc1cc(C(=O)OCC(=O)Nc2ccccc2)c(C)n1Cc1cccs1. The Morgan fingerprint density at radius 3 is 2.58 bits per heavy atom.